The highest BCUT2D eigenvalue weighted by Gasteiger charge is 2.16. The van der Waals surface area contributed by atoms with Gasteiger partial charge in [0.2, 0.25) is 0 Å². The average molecular weight is 352 g/mol. The predicted molar refractivity (Wildman–Crippen MR) is 85.6 cm³/mol. The van der Waals surface area contributed by atoms with E-state index in [0.29, 0.717) is 17.8 Å². The predicted octanol–water partition coefficient (Wildman–Crippen LogP) is 3.97. The Labute approximate surface area is 133 Å². The van der Waals surface area contributed by atoms with Crippen LogP contribution in [-0.4, -0.2) is 16.5 Å². The maximum atomic E-state index is 13.9. The quantitative estimate of drug-likeness (QED) is 0.855. The minimum atomic E-state index is -0.200. The third-order valence-electron chi connectivity index (χ3n) is 3.19. The molecule has 0 spiro atoms. The highest BCUT2D eigenvalue weighted by molar-refractivity contribution is 9.10. The summed E-state index contributed by atoms with van der Waals surface area (Å²) in [6.07, 6.45) is 5.11. The number of nitrogens with one attached hydrogen (secondary N) is 1. The maximum absolute atomic E-state index is 13.9. The molecule has 1 aromatic carbocycles. The largest absolute Gasteiger partial charge is 0.307 e. The van der Waals surface area contributed by atoms with Gasteiger partial charge in [0.25, 0.3) is 0 Å². The molecule has 1 atom stereocenters. The van der Waals surface area contributed by atoms with Crippen LogP contribution in [0.3, 0.4) is 0 Å². The van der Waals surface area contributed by atoms with Crippen molar-refractivity contribution in [2.75, 3.05) is 6.54 Å². The second-order valence-electron chi connectivity index (χ2n) is 5.07. The van der Waals surface area contributed by atoms with E-state index in [1.54, 1.807) is 18.5 Å². The lowest BCUT2D eigenvalue weighted by molar-refractivity contribution is 0.491. The molecule has 1 heterocycles. The van der Waals surface area contributed by atoms with E-state index in [1.165, 1.54) is 6.07 Å². The first-order chi connectivity index (χ1) is 10.1. The molecule has 1 unspecified atom stereocenters. The van der Waals surface area contributed by atoms with Crippen LogP contribution in [0.2, 0.25) is 0 Å². The van der Waals surface area contributed by atoms with E-state index in [0.717, 1.165) is 23.0 Å². The zero-order valence-electron chi connectivity index (χ0n) is 12.2. The van der Waals surface area contributed by atoms with Gasteiger partial charge in [-0.25, -0.2) is 14.4 Å². The van der Waals surface area contributed by atoms with Crippen LogP contribution in [0.25, 0.3) is 0 Å². The summed E-state index contributed by atoms with van der Waals surface area (Å²) in [5.41, 5.74) is 1.67. The molecule has 0 fully saturated rings. The number of rotatable bonds is 6. The standard InChI is InChI=1S/C16H19BrFN3/c1-3-6-19-15(16-20-9-11(2)10-21-16)8-12-7-13(17)4-5-14(12)18/h4-5,7,9-10,15,19H,3,6,8H2,1-2H3. The fraction of sp³-hybridized carbons (Fsp3) is 0.375. The lowest BCUT2D eigenvalue weighted by Crippen LogP contribution is -2.26. The summed E-state index contributed by atoms with van der Waals surface area (Å²) in [5, 5.41) is 3.39. The van der Waals surface area contributed by atoms with E-state index in [4.69, 9.17) is 0 Å². The van der Waals surface area contributed by atoms with Crippen molar-refractivity contribution in [2.45, 2.75) is 32.7 Å². The van der Waals surface area contributed by atoms with Crippen LogP contribution in [0.1, 0.15) is 36.3 Å². The SMILES string of the molecule is CCCNC(Cc1cc(Br)ccc1F)c1ncc(C)cn1. The summed E-state index contributed by atoms with van der Waals surface area (Å²) in [5.74, 6) is 0.502. The van der Waals surface area contributed by atoms with Crippen molar-refractivity contribution in [1.29, 1.82) is 0 Å². The number of hydrogen-bond acceptors (Lipinski definition) is 3. The molecule has 0 aliphatic rings. The van der Waals surface area contributed by atoms with E-state index >= 15 is 0 Å². The van der Waals surface area contributed by atoms with Gasteiger partial charge in [-0.15, -0.1) is 0 Å². The molecule has 5 heteroatoms. The fourth-order valence-electron chi connectivity index (χ4n) is 2.08. The monoisotopic (exact) mass is 351 g/mol. The van der Waals surface area contributed by atoms with Crippen molar-refractivity contribution in [1.82, 2.24) is 15.3 Å². The summed E-state index contributed by atoms with van der Waals surface area (Å²) in [6, 6.07) is 4.90. The molecule has 112 valence electrons. The minimum absolute atomic E-state index is 0.0886. The van der Waals surface area contributed by atoms with Gasteiger partial charge in [0.05, 0.1) is 6.04 Å². The normalized spacial score (nSPS) is 12.4. The average Bonchev–Trinajstić information content (AvgIpc) is 2.48. The van der Waals surface area contributed by atoms with Gasteiger partial charge in [0.15, 0.2) is 0 Å². The second kappa shape index (κ2) is 7.61. The lowest BCUT2D eigenvalue weighted by atomic mass is 10.0. The van der Waals surface area contributed by atoms with Gasteiger partial charge in [-0.3, -0.25) is 0 Å². The third-order valence-corrected chi connectivity index (χ3v) is 3.68. The van der Waals surface area contributed by atoms with Crippen molar-refractivity contribution in [3.8, 4) is 0 Å². The fourth-order valence-corrected chi connectivity index (χ4v) is 2.48. The zero-order chi connectivity index (χ0) is 15.2. The van der Waals surface area contributed by atoms with E-state index < -0.39 is 0 Å². The Hall–Kier alpha value is -1.33. The molecule has 1 aromatic heterocycles. The molecule has 0 radical (unpaired) electrons. The van der Waals surface area contributed by atoms with Crippen LogP contribution in [0.5, 0.6) is 0 Å². The number of halogens is 2. The van der Waals surface area contributed by atoms with Gasteiger partial charge in [-0.1, -0.05) is 22.9 Å². The highest BCUT2D eigenvalue weighted by atomic mass is 79.9. The van der Waals surface area contributed by atoms with Crippen LogP contribution in [0.15, 0.2) is 35.1 Å². The molecule has 2 aromatic rings. The number of aromatic nitrogens is 2. The van der Waals surface area contributed by atoms with Gasteiger partial charge < -0.3 is 5.32 Å². The molecule has 2 rings (SSSR count). The number of aryl methyl sites for hydroxylation is 1. The molecule has 21 heavy (non-hydrogen) atoms. The molecular formula is C16H19BrFN3. The van der Waals surface area contributed by atoms with Crippen molar-refractivity contribution in [3.63, 3.8) is 0 Å². The smallest absolute Gasteiger partial charge is 0.145 e. The molecule has 0 amide bonds. The van der Waals surface area contributed by atoms with Gasteiger partial charge >= 0.3 is 0 Å². The van der Waals surface area contributed by atoms with Crippen molar-refractivity contribution >= 4 is 15.9 Å². The van der Waals surface area contributed by atoms with Gasteiger partial charge in [-0.05, 0) is 55.6 Å². The Morgan fingerprint density at radius 2 is 2.00 bits per heavy atom. The van der Waals surface area contributed by atoms with Crippen LogP contribution >= 0.6 is 15.9 Å². The minimum Gasteiger partial charge on any atom is -0.307 e. The van der Waals surface area contributed by atoms with E-state index in [2.05, 4.69) is 38.1 Å². The lowest BCUT2D eigenvalue weighted by Gasteiger charge is -2.18. The van der Waals surface area contributed by atoms with Crippen LogP contribution in [0.4, 0.5) is 4.39 Å². The van der Waals surface area contributed by atoms with E-state index in [-0.39, 0.29) is 11.9 Å². The van der Waals surface area contributed by atoms with E-state index in [1.807, 2.05) is 13.0 Å². The third kappa shape index (κ3) is 4.58. The Bertz CT molecular complexity index is 587. The van der Waals surface area contributed by atoms with Crippen molar-refractivity contribution in [2.24, 2.45) is 0 Å². The molecule has 0 saturated heterocycles. The molecule has 1 N–H and O–H groups in total. The topological polar surface area (TPSA) is 37.8 Å². The molecule has 0 aliphatic heterocycles. The summed E-state index contributed by atoms with van der Waals surface area (Å²) >= 11 is 3.39. The van der Waals surface area contributed by atoms with Crippen LogP contribution in [-0.2, 0) is 6.42 Å². The summed E-state index contributed by atoms with van der Waals surface area (Å²) in [6.45, 7) is 4.89. The summed E-state index contributed by atoms with van der Waals surface area (Å²) in [7, 11) is 0. The first kappa shape index (κ1) is 16.0. The van der Waals surface area contributed by atoms with E-state index in [9.17, 15) is 4.39 Å². The molecule has 3 nitrogen and oxygen atoms in total. The summed E-state index contributed by atoms with van der Waals surface area (Å²) < 4.78 is 14.8. The van der Waals surface area contributed by atoms with Gasteiger partial charge in [-0.2, -0.15) is 0 Å². The molecular weight excluding hydrogens is 333 g/mol. The second-order valence-corrected chi connectivity index (χ2v) is 5.98. The Balaban J connectivity index is 2.23. The van der Waals surface area contributed by atoms with Crippen LogP contribution in [0, 0.1) is 12.7 Å². The molecule has 0 saturated carbocycles. The number of hydrogen-bond donors (Lipinski definition) is 1. The maximum Gasteiger partial charge on any atom is 0.145 e. The molecule has 0 aliphatic carbocycles. The van der Waals surface area contributed by atoms with Crippen molar-refractivity contribution < 1.29 is 4.39 Å². The highest BCUT2D eigenvalue weighted by Crippen LogP contribution is 2.21. The zero-order valence-corrected chi connectivity index (χ0v) is 13.8. The first-order valence-corrected chi connectivity index (χ1v) is 7.85. The van der Waals surface area contributed by atoms with Gasteiger partial charge in [0.1, 0.15) is 11.6 Å². The van der Waals surface area contributed by atoms with Gasteiger partial charge in [0, 0.05) is 16.9 Å². The Morgan fingerprint density at radius 1 is 1.29 bits per heavy atom. The number of benzene rings is 1. The Morgan fingerprint density at radius 3 is 2.67 bits per heavy atom. The summed E-state index contributed by atoms with van der Waals surface area (Å²) in [4.78, 5) is 8.74. The van der Waals surface area contributed by atoms with Crippen molar-refractivity contribution in [3.05, 3.63) is 57.8 Å². The molecule has 0 bridgehead atoms. The number of nitrogens with zero attached hydrogens (tertiary/aromatic N) is 2. The van der Waals surface area contributed by atoms with Crippen LogP contribution < -0.4 is 5.32 Å². The Kier molecular flexibility index (Phi) is 5.82. The first-order valence-electron chi connectivity index (χ1n) is 7.06.